The molecule has 0 saturated heterocycles. The van der Waals surface area contributed by atoms with E-state index in [1.807, 2.05) is 0 Å². The van der Waals surface area contributed by atoms with E-state index >= 15 is 0 Å². The molecule has 0 fully saturated rings. The van der Waals surface area contributed by atoms with Gasteiger partial charge in [-0.3, -0.25) is 0 Å². The first kappa shape index (κ1) is 15.7. The van der Waals surface area contributed by atoms with Crippen LogP contribution in [0.15, 0.2) is 9.63 Å². The van der Waals surface area contributed by atoms with Crippen LogP contribution in [0.1, 0.15) is 18.6 Å². The molecule has 3 rings (SSSR count). The highest BCUT2D eigenvalue weighted by Crippen LogP contribution is 2.57. The fourth-order valence-corrected chi connectivity index (χ4v) is 3.41. The first-order valence-corrected chi connectivity index (χ1v) is 7.50. The SMILES string of the molecule is COc1c(Br)c(C2ON=C(C(=O)O)C2C)c(OC)c2c1OCO2. The normalized spacial score (nSPS) is 21.7. The lowest BCUT2D eigenvalue weighted by Gasteiger charge is -2.21. The van der Waals surface area contributed by atoms with Crippen molar-refractivity contribution in [3.8, 4) is 23.0 Å². The molecule has 1 aromatic carbocycles. The summed E-state index contributed by atoms with van der Waals surface area (Å²) in [7, 11) is 2.98. The number of rotatable bonds is 4. The third-order valence-electron chi connectivity index (χ3n) is 3.77. The van der Waals surface area contributed by atoms with Gasteiger partial charge in [-0.1, -0.05) is 12.1 Å². The molecule has 1 aromatic rings. The van der Waals surface area contributed by atoms with Crippen LogP contribution in [0.3, 0.4) is 0 Å². The molecule has 0 aliphatic carbocycles. The summed E-state index contributed by atoms with van der Waals surface area (Å²) in [6.45, 7) is 1.75. The molecule has 0 bridgehead atoms. The van der Waals surface area contributed by atoms with Crippen molar-refractivity contribution in [3.05, 3.63) is 10.0 Å². The van der Waals surface area contributed by atoms with E-state index in [2.05, 4.69) is 21.1 Å². The zero-order valence-corrected chi connectivity index (χ0v) is 14.2. The Morgan fingerprint density at radius 1 is 1.26 bits per heavy atom. The van der Waals surface area contributed by atoms with Gasteiger partial charge in [-0.05, 0) is 15.9 Å². The number of fused-ring (bicyclic) bond motifs is 1. The first-order chi connectivity index (χ1) is 11.0. The standard InChI is InChI=1S/C14H14BrNO7/c1-5-8(14(17)18)16-23-9(5)6-7(15)11(20-3)13-12(10(6)19-2)21-4-22-13/h5,9H,4H2,1-3H3,(H,17,18). The topological polar surface area (TPSA) is 95.8 Å². The number of carbonyl (C=O) groups is 1. The first-order valence-electron chi connectivity index (χ1n) is 6.71. The number of halogens is 1. The van der Waals surface area contributed by atoms with Crippen molar-refractivity contribution < 1.29 is 33.7 Å². The van der Waals surface area contributed by atoms with Gasteiger partial charge in [0.1, 0.15) is 0 Å². The lowest BCUT2D eigenvalue weighted by Crippen LogP contribution is -2.22. The van der Waals surface area contributed by atoms with Gasteiger partial charge in [0, 0.05) is 0 Å². The molecule has 0 aromatic heterocycles. The van der Waals surface area contributed by atoms with Crippen LogP contribution >= 0.6 is 15.9 Å². The zero-order valence-electron chi connectivity index (χ0n) is 12.6. The van der Waals surface area contributed by atoms with E-state index in [-0.39, 0.29) is 12.5 Å². The molecule has 0 amide bonds. The highest BCUT2D eigenvalue weighted by atomic mass is 79.9. The molecule has 124 valence electrons. The Morgan fingerprint density at radius 2 is 1.87 bits per heavy atom. The average molecular weight is 388 g/mol. The van der Waals surface area contributed by atoms with Crippen LogP contribution in [0.4, 0.5) is 0 Å². The van der Waals surface area contributed by atoms with Crippen molar-refractivity contribution in [2.45, 2.75) is 13.0 Å². The second-order valence-electron chi connectivity index (χ2n) is 4.96. The molecule has 2 unspecified atom stereocenters. The van der Waals surface area contributed by atoms with Gasteiger partial charge in [0.05, 0.1) is 30.2 Å². The van der Waals surface area contributed by atoms with Crippen LogP contribution in [0.2, 0.25) is 0 Å². The minimum atomic E-state index is -1.12. The molecule has 2 aliphatic heterocycles. The van der Waals surface area contributed by atoms with Crippen molar-refractivity contribution in [2.24, 2.45) is 11.1 Å². The lowest BCUT2D eigenvalue weighted by atomic mass is 9.92. The van der Waals surface area contributed by atoms with Crippen LogP contribution in [-0.4, -0.2) is 37.8 Å². The van der Waals surface area contributed by atoms with E-state index in [0.717, 1.165) is 0 Å². The van der Waals surface area contributed by atoms with Gasteiger partial charge in [-0.25, -0.2) is 4.79 Å². The number of carboxylic acids is 1. The molecule has 23 heavy (non-hydrogen) atoms. The number of hydrogen-bond acceptors (Lipinski definition) is 7. The summed E-state index contributed by atoms with van der Waals surface area (Å²) in [6, 6.07) is 0. The summed E-state index contributed by atoms with van der Waals surface area (Å²) in [5.74, 6) is 0.0226. The Kier molecular flexibility index (Phi) is 3.97. The Morgan fingerprint density at radius 3 is 2.39 bits per heavy atom. The van der Waals surface area contributed by atoms with E-state index in [4.69, 9.17) is 23.8 Å². The predicted octanol–water partition coefficient (Wildman–Crippen LogP) is 2.34. The van der Waals surface area contributed by atoms with E-state index in [9.17, 15) is 9.90 Å². The van der Waals surface area contributed by atoms with E-state index < -0.39 is 18.0 Å². The van der Waals surface area contributed by atoms with E-state index in [0.29, 0.717) is 33.0 Å². The van der Waals surface area contributed by atoms with Gasteiger partial charge in [0.25, 0.3) is 0 Å². The molecular formula is C14H14BrNO7. The predicted molar refractivity (Wildman–Crippen MR) is 81.4 cm³/mol. The minimum absolute atomic E-state index is 0.0376. The number of aliphatic carboxylic acids is 1. The minimum Gasteiger partial charge on any atom is -0.492 e. The molecule has 8 nitrogen and oxygen atoms in total. The second-order valence-corrected chi connectivity index (χ2v) is 5.75. The highest BCUT2D eigenvalue weighted by molar-refractivity contribution is 9.10. The van der Waals surface area contributed by atoms with Gasteiger partial charge < -0.3 is 28.9 Å². The maximum atomic E-state index is 11.2. The highest BCUT2D eigenvalue weighted by Gasteiger charge is 2.42. The summed E-state index contributed by atoms with van der Waals surface area (Å²) in [6.07, 6.45) is -0.658. The summed E-state index contributed by atoms with van der Waals surface area (Å²) >= 11 is 3.46. The number of benzene rings is 1. The Bertz CT molecular complexity index is 703. The van der Waals surface area contributed by atoms with E-state index in [1.165, 1.54) is 14.2 Å². The molecule has 0 spiro atoms. The fourth-order valence-electron chi connectivity index (χ4n) is 2.67. The van der Waals surface area contributed by atoms with E-state index in [1.54, 1.807) is 6.92 Å². The largest absolute Gasteiger partial charge is 0.492 e. The van der Waals surface area contributed by atoms with Gasteiger partial charge in [-0.15, -0.1) is 0 Å². The summed E-state index contributed by atoms with van der Waals surface area (Å²) in [4.78, 5) is 16.6. The van der Waals surface area contributed by atoms with Gasteiger partial charge in [0.15, 0.2) is 23.3 Å². The summed E-state index contributed by atoms with van der Waals surface area (Å²) < 4.78 is 22.3. The number of ether oxygens (including phenoxy) is 4. The van der Waals surface area contributed by atoms with Crippen LogP contribution in [-0.2, 0) is 9.63 Å². The van der Waals surface area contributed by atoms with Crippen molar-refractivity contribution >= 4 is 27.6 Å². The number of nitrogens with zero attached hydrogens (tertiary/aromatic N) is 1. The molecular weight excluding hydrogens is 374 g/mol. The molecule has 2 heterocycles. The number of hydrogen-bond donors (Lipinski definition) is 1. The monoisotopic (exact) mass is 387 g/mol. The maximum absolute atomic E-state index is 11.2. The molecule has 1 N–H and O–H groups in total. The van der Waals surface area contributed by atoms with Crippen molar-refractivity contribution in [1.29, 1.82) is 0 Å². The lowest BCUT2D eigenvalue weighted by molar-refractivity contribution is -0.129. The maximum Gasteiger partial charge on any atom is 0.354 e. The smallest absolute Gasteiger partial charge is 0.354 e. The van der Waals surface area contributed by atoms with Gasteiger partial charge in [-0.2, -0.15) is 0 Å². The van der Waals surface area contributed by atoms with Crippen molar-refractivity contribution in [1.82, 2.24) is 0 Å². The summed E-state index contributed by atoms with van der Waals surface area (Å²) in [5.41, 5.74) is 0.502. The number of methoxy groups -OCH3 is 2. The summed E-state index contributed by atoms with van der Waals surface area (Å²) in [5, 5.41) is 12.8. The van der Waals surface area contributed by atoms with Gasteiger partial charge >= 0.3 is 5.97 Å². The Balaban J connectivity index is 2.15. The molecule has 2 aliphatic rings. The average Bonchev–Trinajstić information content (AvgIpc) is 3.13. The Hall–Kier alpha value is -2.16. The fraction of sp³-hybridized carbons (Fsp3) is 0.429. The molecule has 0 saturated carbocycles. The third kappa shape index (κ3) is 2.26. The van der Waals surface area contributed by atoms with Crippen LogP contribution in [0, 0.1) is 5.92 Å². The molecule has 9 heteroatoms. The number of oxime groups is 1. The van der Waals surface area contributed by atoms with Crippen LogP contribution in [0.25, 0.3) is 0 Å². The van der Waals surface area contributed by atoms with Gasteiger partial charge in [0.2, 0.25) is 18.3 Å². The molecule has 0 radical (unpaired) electrons. The second kappa shape index (κ2) is 5.80. The zero-order chi connectivity index (χ0) is 16.7. The van der Waals surface area contributed by atoms with Crippen molar-refractivity contribution in [2.75, 3.05) is 21.0 Å². The Labute approximate surface area is 140 Å². The third-order valence-corrected chi connectivity index (χ3v) is 4.55. The van der Waals surface area contributed by atoms with Crippen LogP contribution in [0.5, 0.6) is 23.0 Å². The quantitative estimate of drug-likeness (QED) is 0.846. The van der Waals surface area contributed by atoms with Crippen molar-refractivity contribution in [3.63, 3.8) is 0 Å². The van der Waals surface area contributed by atoms with Crippen LogP contribution < -0.4 is 18.9 Å². The number of carboxylic acid groups (broad SMARTS) is 1. The molecule has 2 atom stereocenters.